The number of aromatic nitrogens is 2. The smallest absolute Gasteiger partial charge is 0.271 e. The van der Waals surface area contributed by atoms with Gasteiger partial charge in [0.05, 0.1) is 12.4 Å². The fourth-order valence-corrected chi connectivity index (χ4v) is 3.07. The molecule has 0 saturated carbocycles. The van der Waals surface area contributed by atoms with Crippen LogP contribution in [0.4, 0.5) is 17.2 Å². The van der Waals surface area contributed by atoms with Crippen molar-refractivity contribution in [1.82, 2.24) is 15.3 Å². The molecule has 1 atom stereocenters. The van der Waals surface area contributed by atoms with E-state index in [4.69, 9.17) is 0 Å². The molecule has 8 heteroatoms. The lowest BCUT2D eigenvalue weighted by atomic mass is 9.87. The third kappa shape index (κ3) is 5.91. The van der Waals surface area contributed by atoms with Crippen LogP contribution in [0.2, 0.25) is 0 Å². The van der Waals surface area contributed by atoms with Crippen LogP contribution in [-0.4, -0.2) is 30.4 Å². The van der Waals surface area contributed by atoms with Crippen LogP contribution in [0.3, 0.4) is 0 Å². The van der Waals surface area contributed by atoms with Gasteiger partial charge in [-0.3, -0.25) is 4.79 Å². The Morgan fingerprint density at radius 1 is 1.10 bits per heavy atom. The van der Waals surface area contributed by atoms with E-state index >= 15 is 0 Å². The van der Waals surface area contributed by atoms with Crippen molar-refractivity contribution in [1.29, 1.82) is 0 Å². The van der Waals surface area contributed by atoms with E-state index in [1.807, 2.05) is 49.5 Å². The monoisotopic (exact) mass is 422 g/mol. The Kier molecular flexibility index (Phi) is 7.06. The third-order valence-electron chi connectivity index (χ3n) is 4.91. The van der Waals surface area contributed by atoms with Crippen molar-refractivity contribution >= 4 is 17.2 Å². The number of benzene rings is 1. The number of hydroxylamine groups is 1. The summed E-state index contributed by atoms with van der Waals surface area (Å²) < 4.78 is 0. The number of pyridine rings is 2. The fourth-order valence-electron chi connectivity index (χ4n) is 3.07. The summed E-state index contributed by atoms with van der Waals surface area (Å²) in [4.78, 5) is 19.5. The first-order chi connectivity index (χ1) is 14.8. The molecule has 0 aliphatic carbocycles. The Labute approximate surface area is 182 Å². The molecule has 0 fully saturated rings. The lowest BCUT2D eigenvalue weighted by molar-refractivity contribution is -0.772. The number of rotatable bonds is 8. The van der Waals surface area contributed by atoms with E-state index in [0.717, 1.165) is 11.4 Å². The Bertz CT molecular complexity index is 1060. The van der Waals surface area contributed by atoms with Gasteiger partial charge in [0.2, 0.25) is 0 Å². The lowest BCUT2D eigenvalue weighted by Crippen LogP contribution is -3.03. The van der Waals surface area contributed by atoms with Crippen LogP contribution >= 0.6 is 0 Å². The van der Waals surface area contributed by atoms with Crippen molar-refractivity contribution in [2.75, 3.05) is 31.0 Å². The SMILES string of the molecule is CNCNc1cccc(-c2c[nH]c(=O)c(NC[NH+]([O-])c3ccc(C(C)(C)C)cc3)c2)n1. The van der Waals surface area contributed by atoms with Gasteiger partial charge in [-0.25, -0.2) is 4.98 Å². The quantitative estimate of drug-likeness (QED) is 0.282. The second-order valence-electron chi connectivity index (χ2n) is 8.35. The van der Waals surface area contributed by atoms with Gasteiger partial charge < -0.3 is 31.2 Å². The Morgan fingerprint density at radius 3 is 2.52 bits per heavy atom. The summed E-state index contributed by atoms with van der Waals surface area (Å²) in [6.07, 6.45) is 1.62. The largest absolute Gasteiger partial charge is 0.628 e. The summed E-state index contributed by atoms with van der Waals surface area (Å²) in [5, 5.41) is 21.6. The summed E-state index contributed by atoms with van der Waals surface area (Å²) in [6, 6.07) is 14.9. The molecule has 31 heavy (non-hydrogen) atoms. The van der Waals surface area contributed by atoms with Gasteiger partial charge in [-0.15, -0.1) is 0 Å². The molecular weight excluding hydrogens is 392 g/mol. The molecule has 0 amide bonds. The third-order valence-corrected chi connectivity index (χ3v) is 4.91. The first-order valence-corrected chi connectivity index (χ1v) is 10.2. The van der Waals surface area contributed by atoms with E-state index in [0.29, 0.717) is 23.7 Å². The number of H-pyrrole nitrogens is 1. The number of hydrogen-bond donors (Lipinski definition) is 5. The van der Waals surface area contributed by atoms with Crippen LogP contribution in [0.15, 0.2) is 59.5 Å². The number of hydrogen-bond acceptors (Lipinski definition) is 6. The minimum Gasteiger partial charge on any atom is -0.628 e. The highest BCUT2D eigenvalue weighted by atomic mass is 16.5. The summed E-state index contributed by atoms with van der Waals surface area (Å²) in [5.41, 5.74) is 3.30. The molecule has 0 spiro atoms. The molecule has 1 aromatic carbocycles. The van der Waals surface area contributed by atoms with Crippen LogP contribution in [0.1, 0.15) is 26.3 Å². The molecule has 1 unspecified atom stereocenters. The molecule has 3 aromatic rings. The zero-order chi connectivity index (χ0) is 22.4. The first-order valence-electron chi connectivity index (χ1n) is 10.2. The van der Waals surface area contributed by atoms with Gasteiger partial charge >= 0.3 is 0 Å². The maximum absolute atomic E-state index is 12.6. The number of quaternary nitrogens is 1. The Hall–Kier alpha value is -3.20. The van der Waals surface area contributed by atoms with E-state index in [1.54, 1.807) is 12.3 Å². The fraction of sp³-hybridized carbons (Fsp3) is 0.304. The van der Waals surface area contributed by atoms with Crippen LogP contribution in [0, 0.1) is 5.21 Å². The zero-order valence-electron chi connectivity index (χ0n) is 18.4. The molecular formula is C23H30N6O2. The summed E-state index contributed by atoms with van der Waals surface area (Å²) in [6.45, 7) is 7.01. The molecule has 0 radical (unpaired) electrons. The van der Waals surface area contributed by atoms with Crippen LogP contribution in [-0.2, 0) is 5.41 Å². The predicted molar refractivity (Wildman–Crippen MR) is 125 cm³/mol. The van der Waals surface area contributed by atoms with Crippen molar-refractivity contribution in [3.63, 3.8) is 0 Å². The number of anilines is 2. The number of nitrogens with one attached hydrogen (secondary N) is 5. The highest BCUT2D eigenvalue weighted by molar-refractivity contribution is 5.64. The average Bonchev–Trinajstić information content (AvgIpc) is 2.76. The highest BCUT2D eigenvalue weighted by Crippen LogP contribution is 2.22. The topological polar surface area (TPSA) is 109 Å². The molecule has 0 bridgehead atoms. The van der Waals surface area contributed by atoms with Crippen molar-refractivity contribution in [2.45, 2.75) is 26.2 Å². The second-order valence-corrected chi connectivity index (χ2v) is 8.35. The van der Waals surface area contributed by atoms with Gasteiger partial charge in [0.25, 0.3) is 5.56 Å². The highest BCUT2D eigenvalue weighted by Gasteiger charge is 2.14. The maximum atomic E-state index is 12.6. The summed E-state index contributed by atoms with van der Waals surface area (Å²) >= 11 is 0. The standard InChI is InChI=1S/C23H30N6O2/c1-23(2,3)17-8-10-18(11-9-17)29(31)15-27-20-12-16(13-25-22(20)30)19-6-5-7-21(28-19)26-14-24-4/h5-13,24,27,29H,14-15H2,1-4H3,(H,25,30)(H,26,28). The molecule has 0 aliphatic rings. The Balaban J connectivity index is 1.72. The minimum absolute atomic E-state index is 0.0264. The lowest BCUT2D eigenvalue weighted by Gasteiger charge is -2.24. The van der Waals surface area contributed by atoms with Crippen molar-refractivity contribution in [3.05, 3.63) is 75.9 Å². The molecule has 3 rings (SSSR count). The molecule has 8 nitrogen and oxygen atoms in total. The molecule has 0 aliphatic heterocycles. The van der Waals surface area contributed by atoms with E-state index < -0.39 is 0 Å². The van der Waals surface area contributed by atoms with Gasteiger partial charge in [0.1, 0.15) is 17.2 Å². The van der Waals surface area contributed by atoms with Crippen molar-refractivity contribution in [3.8, 4) is 11.3 Å². The average molecular weight is 423 g/mol. The normalized spacial score (nSPS) is 12.4. The van der Waals surface area contributed by atoms with Gasteiger partial charge in [-0.2, -0.15) is 0 Å². The number of aromatic amines is 1. The minimum atomic E-state index is -0.288. The molecule has 2 aromatic heterocycles. The van der Waals surface area contributed by atoms with E-state index in [1.165, 1.54) is 5.56 Å². The zero-order valence-corrected chi connectivity index (χ0v) is 18.4. The van der Waals surface area contributed by atoms with E-state index in [9.17, 15) is 10.0 Å². The van der Waals surface area contributed by atoms with Gasteiger partial charge in [-0.05, 0) is 48.4 Å². The summed E-state index contributed by atoms with van der Waals surface area (Å²) in [7, 11) is 1.84. The Morgan fingerprint density at radius 2 is 1.84 bits per heavy atom. The first kappa shape index (κ1) is 22.5. The molecule has 164 valence electrons. The predicted octanol–water partition coefficient (Wildman–Crippen LogP) is 2.41. The number of nitrogens with zero attached hydrogens (tertiary/aromatic N) is 1. The molecule has 2 heterocycles. The van der Waals surface area contributed by atoms with Crippen LogP contribution in [0.5, 0.6) is 0 Å². The van der Waals surface area contributed by atoms with Crippen LogP contribution in [0.25, 0.3) is 11.3 Å². The second kappa shape index (κ2) is 9.74. The van der Waals surface area contributed by atoms with Gasteiger partial charge in [0, 0.05) is 11.8 Å². The van der Waals surface area contributed by atoms with E-state index in [-0.39, 0.29) is 22.7 Å². The summed E-state index contributed by atoms with van der Waals surface area (Å²) in [5.74, 6) is 0.724. The molecule has 0 saturated heterocycles. The van der Waals surface area contributed by atoms with Gasteiger partial charge in [-0.1, -0.05) is 39.0 Å². The molecule has 5 N–H and O–H groups in total. The van der Waals surface area contributed by atoms with E-state index in [2.05, 4.69) is 46.7 Å². The van der Waals surface area contributed by atoms with Gasteiger partial charge in [0.15, 0.2) is 6.67 Å². The van der Waals surface area contributed by atoms with Crippen molar-refractivity contribution in [2.24, 2.45) is 0 Å². The maximum Gasteiger partial charge on any atom is 0.271 e. The van der Waals surface area contributed by atoms with Crippen LogP contribution < -0.4 is 26.6 Å². The van der Waals surface area contributed by atoms with Crippen molar-refractivity contribution < 1.29 is 5.06 Å².